The van der Waals surface area contributed by atoms with Crippen molar-refractivity contribution < 1.29 is 26.3 Å². The SMILES string of the molecule is CCOc1nc(C)cc2nc(S(=O)(=O)Nc3c(C(F)(F)F)nn(CC)c3C)nn12. The molecule has 0 fully saturated rings. The fourth-order valence-corrected chi connectivity index (χ4v) is 3.65. The molecule has 3 heterocycles. The molecule has 0 aliphatic carbocycles. The summed E-state index contributed by atoms with van der Waals surface area (Å²) < 4.78 is 74.8. The van der Waals surface area contributed by atoms with Crippen LogP contribution in [0.1, 0.15) is 30.9 Å². The van der Waals surface area contributed by atoms with Gasteiger partial charge in [0.1, 0.15) is 5.69 Å². The molecule has 0 bridgehead atoms. The molecule has 0 saturated carbocycles. The number of rotatable bonds is 6. The third-order valence-electron chi connectivity index (χ3n) is 3.93. The highest BCUT2D eigenvalue weighted by Crippen LogP contribution is 2.36. The van der Waals surface area contributed by atoms with Crippen molar-refractivity contribution in [2.75, 3.05) is 11.3 Å². The molecule has 0 aromatic carbocycles. The molecule has 0 unspecified atom stereocenters. The first-order valence-electron chi connectivity index (χ1n) is 8.52. The number of aryl methyl sites for hydroxylation is 2. The molecule has 158 valence electrons. The van der Waals surface area contributed by atoms with Crippen LogP contribution in [0, 0.1) is 13.8 Å². The lowest BCUT2D eigenvalue weighted by atomic mass is 10.3. The Morgan fingerprint density at radius 3 is 2.45 bits per heavy atom. The maximum atomic E-state index is 13.3. The Balaban J connectivity index is 2.10. The number of hydrogen-bond donors (Lipinski definition) is 1. The van der Waals surface area contributed by atoms with Gasteiger partial charge in [-0.25, -0.2) is 4.98 Å². The molecule has 14 heteroatoms. The number of halogens is 3. The Kier molecular flexibility index (Phi) is 5.15. The van der Waals surface area contributed by atoms with Crippen molar-refractivity contribution in [1.29, 1.82) is 0 Å². The van der Waals surface area contributed by atoms with E-state index in [-0.39, 0.29) is 30.5 Å². The molecule has 0 amide bonds. The minimum atomic E-state index is -4.85. The number of alkyl halides is 3. The second-order valence-electron chi connectivity index (χ2n) is 6.01. The predicted octanol–water partition coefficient (Wildman–Crippen LogP) is 2.18. The van der Waals surface area contributed by atoms with Crippen LogP contribution in [-0.2, 0) is 22.7 Å². The highest BCUT2D eigenvalue weighted by Gasteiger charge is 2.40. The fraction of sp³-hybridized carbons (Fsp3) is 0.467. The smallest absolute Gasteiger partial charge is 0.437 e. The molecule has 1 N–H and O–H groups in total. The number of sulfonamides is 1. The molecular weight excluding hydrogens is 415 g/mol. The Morgan fingerprint density at radius 2 is 1.86 bits per heavy atom. The standard InChI is InChI=1S/C15H18F3N7O3S/c1-5-24-9(4)11(12(21-24)15(16,17)18)23-29(26,27)13-20-10-7-8(3)19-14(28-6-2)25(10)22-13/h7,23H,5-6H2,1-4H3. The molecule has 0 aliphatic rings. The molecule has 0 spiro atoms. The molecule has 0 radical (unpaired) electrons. The Labute approximate surface area is 163 Å². The summed E-state index contributed by atoms with van der Waals surface area (Å²) in [5.74, 6) is 0. The summed E-state index contributed by atoms with van der Waals surface area (Å²) in [5.41, 5.74) is -1.36. The minimum Gasteiger partial charge on any atom is -0.464 e. The monoisotopic (exact) mass is 433 g/mol. The predicted molar refractivity (Wildman–Crippen MR) is 95.1 cm³/mol. The second-order valence-corrected chi connectivity index (χ2v) is 7.58. The molecule has 29 heavy (non-hydrogen) atoms. The van der Waals surface area contributed by atoms with E-state index >= 15 is 0 Å². The van der Waals surface area contributed by atoms with Crippen molar-refractivity contribution in [1.82, 2.24) is 29.4 Å². The summed E-state index contributed by atoms with van der Waals surface area (Å²) in [4.78, 5) is 8.01. The van der Waals surface area contributed by atoms with Gasteiger partial charge in [-0.15, -0.1) is 5.10 Å². The van der Waals surface area contributed by atoms with Crippen molar-refractivity contribution in [3.05, 3.63) is 23.1 Å². The fourth-order valence-electron chi connectivity index (χ4n) is 2.65. The zero-order valence-corrected chi connectivity index (χ0v) is 16.8. The number of nitrogens with zero attached hydrogens (tertiary/aromatic N) is 6. The Bertz CT molecular complexity index is 1170. The molecule has 10 nitrogen and oxygen atoms in total. The van der Waals surface area contributed by atoms with Crippen molar-refractivity contribution in [3.63, 3.8) is 0 Å². The number of ether oxygens (including phenoxy) is 1. The summed E-state index contributed by atoms with van der Waals surface area (Å²) in [6.07, 6.45) is -4.85. The van der Waals surface area contributed by atoms with E-state index in [2.05, 4.69) is 20.2 Å². The first-order chi connectivity index (χ1) is 13.5. The largest absolute Gasteiger partial charge is 0.464 e. The van der Waals surface area contributed by atoms with Gasteiger partial charge in [0.05, 0.1) is 12.3 Å². The van der Waals surface area contributed by atoms with Gasteiger partial charge in [-0.05, 0) is 27.7 Å². The van der Waals surface area contributed by atoms with E-state index in [0.717, 1.165) is 9.20 Å². The highest BCUT2D eigenvalue weighted by molar-refractivity contribution is 7.92. The van der Waals surface area contributed by atoms with Gasteiger partial charge in [0.15, 0.2) is 11.3 Å². The topological polar surface area (TPSA) is 116 Å². The molecule has 3 aromatic heterocycles. The van der Waals surface area contributed by atoms with Crippen LogP contribution in [0.15, 0.2) is 11.2 Å². The molecule has 0 aliphatic heterocycles. The number of hydrogen-bond acceptors (Lipinski definition) is 7. The van der Waals surface area contributed by atoms with Gasteiger partial charge in [-0.1, -0.05) is 0 Å². The van der Waals surface area contributed by atoms with E-state index in [9.17, 15) is 21.6 Å². The summed E-state index contributed by atoms with van der Waals surface area (Å²) >= 11 is 0. The van der Waals surface area contributed by atoms with Crippen molar-refractivity contribution in [2.24, 2.45) is 0 Å². The summed E-state index contributed by atoms with van der Waals surface area (Å²) in [5, 5.41) is 6.59. The number of aromatic nitrogens is 6. The van der Waals surface area contributed by atoms with Gasteiger partial charge in [-0.2, -0.15) is 36.2 Å². The lowest BCUT2D eigenvalue weighted by Crippen LogP contribution is -2.18. The van der Waals surface area contributed by atoms with Gasteiger partial charge < -0.3 is 4.74 Å². The average molecular weight is 433 g/mol. The van der Waals surface area contributed by atoms with E-state index in [1.54, 1.807) is 20.8 Å². The molecule has 0 saturated heterocycles. The van der Waals surface area contributed by atoms with Crippen LogP contribution >= 0.6 is 0 Å². The van der Waals surface area contributed by atoms with Gasteiger partial charge >= 0.3 is 12.2 Å². The van der Waals surface area contributed by atoms with Crippen molar-refractivity contribution in [3.8, 4) is 6.01 Å². The summed E-state index contributed by atoms with van der Waals surface area (Å²) in [7, 11) is -4.55. The Morgan fingerprint density at radius 1 is 1.17 bits per heavy atom. The Hall–Kier alpha value is -2.90. The summed E-state index contributed by atoms with van der Waals surface area (Å²) in [6, 6.07) is 1.48. The molecule has 3 rings (SSSR count). The minimum absolute atomic E-state index is 0.0136. The third kappa shape index (κ3) is 3.83. The molecule has 0 atom stereocenters. The highest BCUT2D eigenvalue weighted by atomic mass is 32.2. The van der Waals surface area contributed by atoms with Gasteiger partial charge in [0.2, 0.25) is 0 Å². The lowest BCUT2D eigenvalue weighted by molar-refractivity contribution is -0.140. The zero-order chi connectivity index (χ0) is 21.6. The van der Waals surface area contributed by atoms with Crippen LogP contribution in [-0.4, -0.2) is 44.4 Å². The van der Waals surface area contributed by atoms with Crippen molar-refractivity contribution >= 4 is 21.4 Å². The average Bonchev–Trinajstić information content (AvgIpc) is 3.17. The molecular formula is C15H18F3N7O3S. The van der Waals surface area contributed by atoms with Crippen LogP contribution in [0.3, 0.4) is 0 Å². The van der Waals surface area contributed by atoms with E-state index in [1.165, 1.54) is 13.0 Å². The maximum Gasteiger partial charge on any atom is 0.437 e. The van der Waals surface area contributed by atoms with Crippen LogP contribution in [0.2, 0.25) is 0 Å². The third-order valence-corrected chi connectivity index (χ3v) is 5.06. The summed E-state index contributed by atoms with van der Waals surface area (Å²) in [6.45, 7) is 6.66. The lowest BCUT2D eigenvalue weighted by Gasteiger charge is -2.08. The van der Waals surface area contributed by atoms with Gasteiger partial charge in [0.25, 0.3) is 15.2 Å². The van der Waals surface area contributed by atoms with E-state index in [4.69, 9.17) is 4.74 Å². The normalized spacial score (nSPS) is 12.5. The van der Waals surface area contributed by atoms with Crippen LogP contribution in [0.25, 0.3) is 5.65 Å². The van der Waals surface area contributed by atoms with Crippen molar-refractivity contribution in [2.45, 2.75) is 45.6 Å². The van der Waals surface area contributed by atoms with Crippen LogP contribution in [0.5, 0.6) is 6.01 Å². The first-order valence-corrected chi connectivity index (χ1v) is 10.0. The van der Waals surface area contributed by atoms with Gasteiger partial charge in [-0.3, -0.25) is 9.40 Å². The second kappa shape index (κ2) is 7.17. The van der Waals surface area contributed by atoms with Crippen LogP contribution < -0.4 is 9.46 Å². The van der Waals surface area contributed by atoms with Crippen LogP contribution in [0.4, 0.5) is 18.9 Å². The van der Waals surface area contributed by atoms with E-state index in [1.807, 2.05) is 4.72 Å². The van der Waals surface area contributed by atoms with E-state index < -0.39 is 32.7 Å². The van der Waals surface area contributed by atoms with Gasteiger partial charge in [0, 0.05) is 18.3 Å². The maximum absolute atomic E-state index is 13.3. The number of fused-ring (bicyclic) bond motifs is 1. The quantitative estimate of drug-likeness (QED) is 0.633. The first kappa shape index (κ1) is 20.8. The van der Waals surface area contributed by atoms with E-state index in [0.29, 0.717) is 5.69 Å². The zero-order valence-electron chi connectivity index (χ0n) is 15.9. The number of anilines is 1. The molecule has 3 aromatic rings. The number of nitrogens with one attached hydrogen (secondary N) is 1.